The Kier molecular flexibility index (Phi) is 4.92. The molecule has 0 aliphatic heterocycles. The van der Waals surface area contributed by atoms with Crippen LogP contribution in [0.5, 0.6) is 0 Å². The molecule has 0 bridgehead atoms. The number of anilines is 1. The molecule has 0 saturated heterocycles. The molecule has 1 N–H and O–H groups in total. The quantitative estimate of drug-likeness (QED) is 0.704. The average Bonchev–Trinajstić information content (AvgIpc) is 2.98. The zero-order valence-electron chi connectivity index (χ0n) is 12.8. The van der Waals surface area contributed by atoms with Gasteiger partial charge in [0.05, 0.1) is 17.8 Å². The topological polar surface area (TPSA) is 42.0 Å². The fourth-order valence-corrected chi connectivity index (χ4v) is 3.23. The number of amides is 1. The van der Waals surface area contributed by atoms with Gasteiger partial charge in [-0.2, -0.15) is 0 Å². The van der Waals surface area contributed by atoms with E-state index in [2.05, 4.69) is 10.3 Å². The Balaban J connectivity index is 1.69. The number of carbonyl (C=O) groups is 1. The van der Waals surface area contributed by atoms with E-state index in [1.807, 2.05) is 23.6 Å². The Bertz CT molecular complexity index is 894. The van der Waals surface area contributed by atoms with Gasteiger partial charge < -0.3 is 5.32 Å². The monoisotopic (exact) mass is 360 g/mol. The zero-order chi connectivity index (χ0) is 17.1. The second-order valence-corrected chi connectivity index (χ2v) is 6.66. The summed E-state index contributed by atoms with van der Waals surface area (Å²) in [4.78, 5) is 16.5. The van der Waals surface area contributed by atoms with Crippen molar-refractivity contribution < 1.29 is 9.18 Å². The smallest absolute Gasteiger partial charge is 0.230 e. The van der Waals surface area contributed by atoms with Crippen LogP contribution in [0.4, 0.5) is 10.1 Å². The molecule has 1 aromatic heterocycles. The van der Waals surface area contributed by atoms with Gasteiger partial charge in [0.1, 0.15) is 10.8 Å². The van der Waals surface area contributed by atoms with Crippen LogP contribution in [-0.2, 0) is 11.2 Å². The highest BCUT2D eigenvalue weighted by Gasteiger charge is 2.11. The lowest BCUT2D eigenvalue weighted by Crippen LogP contribution is -2.15. The molecule has 1 amide bonds. The van der Waals surface area contributed by atoms with E-state index in [0.29, 0.717) is 10.7 Å². The normalized spacial score (nSPS) is 10.6. The van der Waals surface area contributed by atoms with Crippen molar-refractivity contribution in [2.75, 3.05) is 5.32 Å². The molecule has 0 radical (unpaired) electrons. The number of hydrogen-bond acceptors (Lipinski definition) is 3. The number of nitrogens with zero attached hydrogens (tertiary/aromatic N) is 1. The number of halogens is 2. The standard InChI is InChI=1S/C18H14ClFN2OS/c1-11-5-6-16(15(20)7-11)22-17(23)9-14-10-24-18(21-14)12-3-2-4-13(19)8-12/h2-8,10H,9H2,1H3,(H,22,23). The highest BCUT2D eigenvalue weighted by Crippen LogP contribution is 2.26. The van der Waals surface area contributed by atoms with Crippen molar-refractivity contribution in [3.05, 3.63) is 69.9 Å². The summed E-state index contributed by atoms with van der Waals surface area (Å²) in [5, 5.41) is 5.82. The van der Waals surface area contributed by atoms with Crippen LogP contribution in [0, 0.1) is 12.7 Å². The second-order valence-electron chi connectivity index (χ2n) is 5.36. The summed E-state index contributed by atoms with van der Waals surface area (Å²) >= 11 is 7.42. The summed E-state index contributed by atoms with van der Waals surface area (Å²) in [6, 6.07) is 12.1. The molecule has 3 nitrogen and oxygen atoms in total. The summed E-state index contributed by atoms with van der Waals surface area (Å²) in [5.74, 6) is -0.748. The van der Waals surface area contributed by atoms with Gasteiger partial charge in [-0.05, 0) is 36.8 Å². The van der Waals surface area contributed by atoms with E-state index in [-0.39, 0.29) is 18.0 Å². The van der Waals surface area contributed by atoms with E-state index in [9.17, 15) is 9.18 Å². The molecule has 0 fully saturated rings. The third kappa shape index (κ3) is 3.99. The zero-order valence-corrected chi connectivity index (χ0v) is 14.4. The van der Waals surface area contributed by atoms with E-state index < -0.39 is 5.82 Å². The maximum Gasteiger partial charge on any atom is 0.230 e. The fourth-order valence-electron chi connectivity index (χ4n) is 2.22. The summed E-state index contributed by atoms with van der Waals surface area (Å²) in [6.45, 7) is 1.79. The first-order valence-corrected chi connectivity index (χ1v) is 8.53. The lowest BCUT2D eigenvalue weighted by molar-refractivity contribution is -0.115. The molecule has 0 spiro atoms. The van der Waals surface area contributed by atoms with Crippen molar-refractivity contribution in [2.24, 2.45) is 0 Å². The lowest BCUT2D eigenvalue weighted by atomic mass is 10.2. The number of aromatic nitrogens is 1. The van der Waals surface area contributed by atoms with Crippen LogP contribution < -0.4 is 5.32 Å². The SMILES string of the molecule is Cc1ccc(NC(=O)Cc2csc(-c3cccc(Cl)c3)n2)c(F)c1. The van der Waals surface area contributed by atoms with E-state index in [0.717, 1.165) is 16.1 Å². The van der Waals surface area contributed by atoms with E-state index in [4.69, 9.17) is 11.6 Å². The minimum atomic E-state index is -0.443. The molecule has 0 saturated carbocycles. The predicted octanol–water partition coefficient (Wildman–Crippen LogP) is 5.09. The maximum atomic E-state index is 13.8. The van der Waals surface area contributed by atoms with Gasteiger partial charge in [-0.15, -0.1) is 11.3 Å². The van der Waals surface area contributed by atoms with Crippen LogP contribution in [0.2, 0.25) is 5.02 Å². The molecule has 3 rings (SSSR count). The molecule has 0 unspecified atom stereocenters. The van der Waals surface area contributed by atoms with E-state index >= 15 is 0 Å². The van der Waals surface area contributed by atoms with Gasteiger partial charge in [0.15, 0.2) is 0 Å². The third-order valence-corrected chi connectivity index (χ3v) is 4.54. The fraction of sp³-hybridized carbons (Fsp3) is 0.111. The van der Waals surface area contributed by atoms with Crippen LogP contribution >= 0.6 is 22.9 Å². The number of rotatable bonds is 4. The molecule has 3 aromatic rings. The number of thiazole rings is 1. The van der Waals surface area contributed by atoms with Gasteiger partial charge in [0.25, 0.3) is 0 Å². The summed E-state index contributed by atoms with van der Waals surface area (Å²) in [7, 11) is 0. The summed E-state index contributed by atoms with van der Waals surface area (Å²) in [5.41, 5.74) is 2.52. The Morgan fingerprint density at radius 2 is 2.12 bits per heavy atom. The molecule has 2 aromatic carbocycles. The van der Waals surface area contributed by atoms with Crippen LogP contribution in [0.3, 0.4) is 0 Å². The first kappa shape index (κ1) is 16.6. The molecule has 0 aliphatic carbocycles. The number of hydrogen-bond donors (Lipinski definition) is 1. The minimum absolute atomic E-state index is 0.0877. The molecule has 0 aliphatic rings. The average molecular weight is 361 g/mol. The largest absolute Gasteiger partial charge is 0.323 e. The molecular formula is C18H14ClFN2OS. The third-order valence-electron chi connectivity index (χ3n) is 3.36. The van der Waals surface area contributed by atoms with Gasteiger partial charge in [-0.3, -0.25) is 4.79 Å². The first-order valence-electron chi connectivity index (χ1n) is 7.27. The summed E-state index contributed by atoms with van der Waals surface area (Å²) < 4.78 is 13.8. The minimum Gasteiger partial charge on any atom is -0.323 e. The van der Waals surface area contributed by atoms with Crippen LogP contribution in [0.1, 0.15) is 11.3 Å². The van der Waals surface area contributed by atoms with Crippen LogP contribution in [-0.4, -0.2) is 10.9 Å². The van der Waals surface area contributed by atoms with Crippen molar-refractivity contribution in [3.63, 3.8) is 0 Å². The van der Waals surface area contributed by atoms with Crippen molar-refractivity contribution in [2.45, 2.75) is 13.3 Å². The summed E-state index contributed by atoms with van der Waals surface area (Å²) in [6.07, 6.45) is 0.0877. The van der Waals surface area contributed by atoms with Crippen LogP contribution in [0.25, 0.3) is 10.6 Å². The molecule has 1 heterocycles. The molecular weight excluding hydrogens is 347 g/mol. The Morgan fingerprint density at radius 1 is 1.29 bits per heavy atom. The predicted molar refractivity (Wildman–Crippen MR) is 96.0 cm³/mol. The Morgan fingerprint density at radius 3 is 2.88 bits per heavy atom. The molecule has 6 heteroatoms. The Hall–Kier alpha value is -2.24. The van der Waals surface area contributed by atoms with Crippen molar-refractivity contribution in [3.8, 4) is 10.6 Å². The van der Waals surface area contributed by atoms with Crippen molar-refractivity contribution in [1.82, 2.24) is 4.98 Å². The second kappa shape index (κ2) is 7.11. The Labute approximate surface area is 148 Å². The molecule has 0 atom stereocenters. The molecule has 122 valence electrons. The highest BCUT2D eigenvalue weighted by atomic mass is 35.5. The van der Waals surface area contributed by atoms with Gasteiger partial charge >= 0.3 is 0 Å². The van der Waals surface area contributed by atoms with Gasteiger partial charge in [0.2, 0.25) is 5.91 Å². The highest BCUT2D eigenvalue weighted by molar-refractivity contribution is 7.13. The van der Waals surface area contributed by atoms with Crippen molar-refractivity contribution >= 4 is 34.5 Å². The van der Waals surface area contributed by atoms with E-state index in [1.54, 1.807) is 25.1 Å². The van der Waals surface area contributed by atoms with Crippen LogP contribution in [0.15, 0.2) is 47.8 Å². The van der Waals surface area contributed by atoms with Gasteiger partial charge in [-0.1, -0.05) is 29.8 Å². The van der Waals surface area contributed by atoms with Crippen molar-refractivity contribution in [1.29, 1.82) is 0 Å². The maximum absolute atomic E-state index is 13.8. The number of aryl methyl sites for hydroxylation is 1. The number of nitrogens with one attached hydrogen (secondary N) is 1. The van der Waals surface area contributed by atoms with E-state index in [1.165, 1.54) is 17.4 Å². The van der Waals surface area contributed by atoms with Gasteiger partial charge in [-0.25, -0.2) is 9.37 Å². The number of benzene rings is 2. The number of carbonyl (C=O) groups excluding carboxylic acids is 1. The first-order chi connectivity index (χ1) is 11.5. The molecule has 24 heavy (non-hydrogen) atoms. The lowest BCUT2D eigenvalue weighted by Gasteiger charge is -2.06. The van der Waals surface area contributed by atoms with Gasteiger partial charge in [0, 0.05) is 16.0 Å².